The molecule has 0 spiro atoms. The van der Waals surface area contributed by atoms with Crippen LogP contribution < -0.4 is 5.32 Å². The largest absolute Gasteiger partial charge is 0.354 e. The van der Waals surface area contributed by atoms with Crippen molar-refractivity contribution < 1.29 is 18.0 Å². The standard InChI is InChI=1S/C18H27N3O4S2/c1-13-7-8-16(26-13)18(23)20-10-9-19-17(22)14-5-3-4-6-15(14)21(12-11-20)27(2,24)25/h7-8,14-15H,3-6,9-12H2,1-2H3,(H,19,22)/t14-,15+/m0/s1. The van der Waals surface area contributed by atoms with E-state index < -0.39 is 10.0 Å². The number of hydrogen-bond donors (Lipinski definition) is 1. The zero-order valence-corrected chi connectivity index (χ0v) is 17.4. The van der Waals surface area contributed by atoms with Gasteiger partial charge in [-0.1, -0.05) is 12.8 Å². The Hall–Kier alpha value is -1.45. The number of amides is 2. The Morgan fingerprint density at radius 2 is 1.93 bits per heavy atom. The fourth-order valence-electron chi connectivity index (χ4n) is 4.02. The third-order valence-electron chi connectivity index (χ3n) is 5.37. The van der Waals surface area contributed by atoms with Crippen molar-refractivity contribution in [3.05, 3.63) is 21.9 Å². The number of nitrogens with one attached hydrogen (secondary N) is 1. The van der Waals surface area contributed by atoms with Crippen molar-refractivity contribution >= 4 is 33.2 Å². The molecule has 1 saturated carbocycles. The van der Waals surface area contributed by atoms with Crippen LogP contribution in [0.3, 0.4) is 0 Å². The number of carbonyl (C=O) groups excluding carboxylic acids is 2. The number of carbonyl (C=O) groups is 2. The van der Waals surface area contributed by atoms with Crippen LogP contribution >= 0.6 is 11.3 Å². The molecule has 2 fully saturated rings. The van der Waals surface area contributed by atoms with Gasteiger partial charge in [0.2, 0.25) is 15.9 Å². The fraction of sp³-hybridized carbons (Fsp3) is 0.667. The predicted molar refractivity (Wildman–Crippen MR) is 105 cm³/mol. The van der Waals surface area contributed by atoms with Gasteiger partial charge in [0.1, 0.15) is 0 Å². The van der Waals surface area contributed by atoms with E-state index in [2.05, 4.69) is 5.32 Å². The van der Waals surface area contributed by atoms with Crippen LogP contribution in [0.5, 0.6) is 0 Å². The van der Waals surface area contributed by atoms with E-state index in [0.29, 0.717) is 37.4 Å². The molecule has 1 saturated heterocycles. The van der Waals surface area contributed by atoms with Crippen molar-refractivity contribution in [2.45, 2.75) is 38.6 Å². The van der Waals surface area contributed by atoms with Crippen LogP contribution in [0.2, 0.25) is 0 Å². The Labute approximate surface area is 164 Å². The molecule has 1 aromatic rings. The topological polar surface area (TPSA) is 86.8 Å². The van der Waals surface area contributed by atoms with Crippen LogP contribution in [0.4, 0.5) is 0 Å². The average molecular weight is 414 g/mol. The summed E-state index contributed by atoms with van der Waals surface area (Å²) in [6.45, 7) is 3.25. The zero-order valence-electron chi connectivity index (χ0n) is 15.8. The molecule has 0 radical (unpaired) electrons. The second kappa shape index (κ2) is 8.28. The van der Waals surface area contributed by atoms with E-state index in [0.717, 1.165) is 17.7 Å². The maximum atomic E-state index is 12.9. The lowest BCUT2D eigenvalue weighted by Crippen LogP contribution is -2.55. The molecule has 1 N–H and O–H groups in total. The fourth-order valence-corrected chi connectivity index (χ4v) is 6.02. The summed E-state index contributed by atoms with van der Waals surface area (Å²) in [5.41, 5.74) is 0. The molecule has 2 aliphatic rings. The van der Waals surface area contributed by atoms with Crippen LogP contribution in [0.1, 0.15) is 40.2 Å². The van der Waals surface area contributed by atoms with E-state index in [1.165, 1.54) is 21.9 Å². The van der Waals surface area contributed by atoms with Gasteiger partial charge in [0.05, 0.1) is 17.1 Å². The maximum Gasteiger partial charge on any atom is 0.264 e. The number of aryl methyl sites for hydroxylation is 1. The Kier molecular flexibility index (Phi) is 6.22. The van der Waals surface area contributed by atoms with Gasteiger partial charge < -0.3 is 10.2 Å². The molecule has 27 heavy (non-hydrogen) atoms. The summed E-state index contributed by atoms with van der Waals surface area (Å²) in [5, 5.41) is 2.91. The SMILES string of the molecule is Cc1ccc(C(=O)N2CCNC(=O)[C@H]3CCCC[C@H]3N(S(C)(=O)=O)CC2)s1. The third-order valence-corrected chi connectivity index (χ3v) is 7.67. The molecule has 7 nitrogen and oxygen atoms in total. The number of rotatable bonds is 2. The summed E-state index contributed by atoms with van der Waals surface area (Å²) in [6.07, 6.45) is 4.44. The van der Waals surface area contributed by atoms with E-state index in [-0.39, 0.29) is 30.3 Å². The molecule has 2 amide bonds. The number of sulfonamides is 1. The van der Waals surface area contributed by atoms with Crippen molar-refractivity contribution in [2.24, 2.45) is 5.92 Å². The third kappa shape index (κ3) is 4.70. The van der Waals surface area contributed by atoms with Crippen molar-refractivity contribution in [3.8, 4) is 0 Å². The zero-order chi connectivity index (χ0) is 19.6. The minimum atomic E-state index is -3.48. The lowest BCUT2D eigenvalue weighted by atomic mass is 9.83. The van der Waals surface area contributed by atoms with E-state index in [1.54, 1.807) is 11.0 Å². The second-order valence-corrected chi connectivity index (χ2v) is 10.5. The minimum absolute atomic E-state index is 0.102. The Bertz CT molecular complexity index is 805. The number of hydrogen-bond acceptors (Lipinski definition) is 5. The van der Waals surface area contributed by atoms with Crippen LogP contribution in [0, 0.1) is 12.8 Å². The summed E-state index contributed by atoms with van der Waals surface area (Å²) >= 11 is 1.43. The quantitative estimate of drug-likeness (QED) is 0.795. The molecule has 150 valence electrons. The highest BCUT2D eigenvalue weighted by Gasteiger charge is 2.39. The molecule has 2 atom stereocenters. The highest BCUT2D eigenvalue weighted by molar-refractivity contribution is 7.88. The van der Waals surface area contributed by atoms with Gasteiger partial charge in [-0.05, 0) is 31.9 Å². The lowest BCUT2D eigenvalue weighted by molar-refractivity contribution is -0.127. The summed E-state index contributed by atoms with van der Waals surface area (Å²) in [7, 11) is -3.48. The first kappa shape index (κ1) is 20.3. The molecule has 1 aromatic heterocycles. The molecule has 3 rings (SSSR count). The minimum Gasteiger partial charge on any atom is -0.354 e. The molecule has 1 aliphatic carbocycles. The van der Waals surface area contributed by atoms with Crippen molar-refractivity contribution in [2.75, 3.05) is 32.4 Å². The first-order valence-corrected chi connectivity index (χ1v) is 12.0. The van der Waals surface area contributed by atoms with Crippen molar-refractivity contribution in [1.29, 1.82) is 0 Å². The van der Waals surface area contributed by atoms with Gasteiger partial charge in [0.15, 0.2) is 0 Å². The summed E-state index contributed by atoms with van der Waals surface area (Å²) in [5.74, 6) is -0.526. The Balaban J connectivity index is 1.85. The second-order valence-electron chi connectivity index (χ2n) is 7.33. The predicted octanol–water partition coefficient (Wildman–Crippen LogP) is 1.45. The molecule has 0 unspecified atom stereocenters. The number of fused-ring (bicyclic) bond motifs is 1. The first-order valence-electron chi connectivity index (χ1n) is 9.37. The van der Waals surface area contributed by atoms with Crippen LogP contribution in [0.25, 0.3) is 0 Å². The lowest BCUT2D eigenvalue weighted by Gasteiger charge is -2.39. The van der Waals surface area contributed by atoms with Crippen molar-refractivity contribution in [1.82, 2.24) is 14.5 Å². The molecular weight excluding hydrogens is 386 g/mol. The summed E-state index contributed by atoms with van der Waals surface area (Å²) in [6, 6.07) is 3.37. The average Bonchev–Trinajstić information content (AvgIpc) is 3.05. The van der Waals surface area contributed by atoms with Crippen LogP contribution in [-0.2, 0) is 14.8 Å². The van der Waals surface area contributed by atoms with Gasteiger partial charge in [-0.3, -0.25) is 9.59 Å². The Morgan fingerprint density at radius 3 is 2.59 bits per heavy atom. The normalized spacial score (nSPS) is 25.6. The molecule has 2 heterocycles. The van der Waals surface area contributed by atoms with E-state index in [4.69, 9.17) is 0 Å². The van der Waals surface area contributed by atoms with Crippen LogP contribution in [0.15, 0.2) is 12.1 Å². The van der Waals surface area contributed by atoms with E-state index in [1.807, 2.05) is 13.0 Å². The monoisotopic (exact) mass is 413 g/mol. The maximum absolute atomic E-state index is 12.9. The van der Waals surface area contributed by atoms with E-state index in [9.17, 15) is 18.0 Å². The van der Waals surface area contributed by atoms with Gasteiger partial charge in [0, 0.05) is 37.1 Å². The van der Waals surface area contributed by atoms with E-state index >= 15 is 0 Å². The van der Waals surface area contributed by atoms with Crippen LogP contribution in [-0.4, -0.2) is 67.9 Å². The van der Waals surface area contributed by atoms with Gasteiger partial charge in [-0.2, -0.15) is 4.31 Å². The smallest absolute Gasteiger partial charge is 0.264 e. The summed E-state index contributed by atoms with van der Waals surface area (Å²) in [4.78, 5) is 28.8. The van der Waals surface area contributed by atoms with Gasteiger partial charge >= 0.3 is 0 Å². The van der Waals surface area contributed by atoms with Gasteiger partial charge in [-0.25, -0.2) is 8.42 Å². The molecule has 0 bridgehead atoms. The highest BCUT2D eigenvalue weighted by atomic mass is 32.2. The number of nitrogens with zero attached hydrogens (tertiary/aromatic N) is 2. The molecule has 9 heteroatoms. The molecular formula is C18H27N3O4S2. The highest BCUT2D eigenvalue weighted by Crippen LogP contribution is 2.30. The summed E-state index contributed by atoms with van der Waals surface area (Å²) < 4.78 is 26.4. The Morgan fingerprint density at radius 1 is 1.19 bits per heavy atom. The van der Waals surface area contributed by atoms with Crippen molar-refractivity contribution in [3.63, 3.8) is 0 Å². The first-order chi connectivity index (χ1) is 12.8. The van der Waals surface area contributed by atoms with Gasteiger partial charge in [-0.15, -0.1) is 11.3 Å². The van der Waals surface area contributed by atoms with Gasteiger partial charge in [0.25, 0.3) is 5.91 Å². The molecule has 0 aromatic carbocycles. The number of thiophene rings is 1. The molecule has 1 aliphatic heterocycles.